The van der Waals surface area contributed by atoms with E-state index in [1.165, 1.54) is 25.7 Å². The Hall–Kier alpha value is -0.610. The zero-order valence-electron chi connectivity index (χ0n) is 10.6. The second-order valence-corrected chi connectivity index (χ2v) is 5.21. The van der Waals surface area contributed by atoms with Crippen LogP contribution in [0.5, 0.6) is 0 Å². The van der Waals surface area contributed by atoms with Gasteiger partial charge in [-0.3, -0.25) is 9.69 Å². The first-order chi connectivity index (χ1) is 8.34. The Bertz CT molecular complexity index is 232. The molecule has 1 aliphatic heterocycles. The van der Waals surface area contributed by atoms with Gasteiger partial charge in [-0.15, -0.1) is 0 Å². The van der Waals surface area contributed by atoms with Crippen LogP contribution in [0, 0.1) is 5.92 Å². The van der Waals surface area contributed by atoms with Crippen molar-refractivity contribution in [2.45, 2.75) is 32.1 Å². The van der Waals surface area contributed by atoms with Crippen LogP contribution in [0.4, 0.5) is 0 Å². The lowest BCUT2D eigenvalue weighted by molar-refractivity contribution is -0.146. The van der Waals surface area contributed by atoms with Crippen LogP contribution >= 0.6 is 0 Å². The molecular weight excluding hydrogens is 216 g/mol. The minimum Gasteiger partial charge on any atom is -0.464 e. The zero-order chi connectivity index (χ0) is 11.9. The second kappa shape index (κ2) is 6.97. The molecule has 0 spiro atoms. The van der Waals surface area contributed by atoms with Gasteiger partial charge >= 0.3 is 5.97 Å². The highest BCUT2D eigenvalue weighted by atomic mass is 16.5. The van der Waals surface area contributed by atoms with E-state index in [2.05, 4.69) is 10.2 Å². The highest BCUT2D eigenvalue weighted by Gasteiger charge is 2.18. The first-order valence-corrected chi connectivity index (χ1v) is 6.93. The van der Waals surface area contributed by atoms with Crippen molar-refractivity contribution >= 4 is 5.97 Å². The maximum atomic E-state index is 11.7. The first-order valence-electron chi connectivity index (χ1n) is 6.93. The van der Waals surface area contributed by atoms with Crippen molar-refractivity contribution in [3.8, 4) is 0 Å². The van der Waals surface area contributed by atoms with E-state index < -0.39 is 0 Å². The number of esters is 1. The molecule has 17 heavy (non-hydrogen) atoms. The van der Waals surface area contributed by atoms with Crippen molar-refractivity contribution in [1.82, 2.24) is 10.2 Å². The average molecular weight is 240 g/mol. The zero-order valence-corrected chi connectivity index (χ0v) is 10.6. The maximum Gasteiger partial charge on any atom is 0.320 e. The number of carbonyl (C=O) groups excluding carboxylic acids is 1. The van der Waals surface area contributed by atoms with Crippen molar-refractivity contribution < 1.29 is 9.53 Å². The number of carbonyl (C=O) groups is 1. The standard InChI is InChI=1S/C13H24N2O2/c16-13(17-11-12-4-1-2-5-12)10-15-8-3-6-14-7-9-15/h12,14H,1-11H2. The summed E-state index contributed by atoms with van der Waals surface area (Å²) in [5, 5.41) is 3.33. The normalized spacial score (nSPS) is 23.5. The van der Waals surface area contributed by atoms with Gasteiger partial charge in [0.05, 0.1) is 13.2 Å². The number of hydrogen-bond acceptors (Lipinski definition) is 4. The van der Waals surface area contributed by atoms with E-state index in [9.17, 15) is 4.79 Å². The Morgan fingerprint density at radius 3 is 2.82 bits per heavy atom. The molecule has 0 amide bonds. The minimum absolute atomic E-state index is 0.0428. The Balaban J connectivity index is 1.61. The summed E-state index contributed by atoms with van der Waals surface area (Å²) in [6.07, 6.45) is 6.21. The Morgan fingerprint density at radius 2 is 2.00 bits per heavy atom. The lowest BCUT2D eigenvalue weighted by atomic mass is 10.1. The van der Waals surface area contributed by atoms with Gasteiger partial charge in [0, 0.05) is 13.1 Å². The quantitative estimate of drug-likeness (QED) is 0.745. The first kappa shape index (κ1) is 12.8. The van der Waals surface area contributed by atoms with Gasteiger partial charge in [-0.25, -0.2) is 0 Å². The molecular formula is C13H24N2O2. The van der Waals surface area contributed by atoms with Crippen molar-refractivity contribution in [3.63, 3.8) is 0 Å². The number of nitrogens with one attached hydrogen (secondary N) is 1. The molecule has 1 saturated heterocycles. The van der Waals surface area contributed by atoms with E-state index in [1.54, 1.807) is 0 Å². The van der Waals surface area contributed by atoms with E-state index in [1.807, 2.05) is 0 Å². The summed E-state index contributed by atoms with van der Waals surface area (Å²) in [5.74, 6) is 0.587. The predicted molar refractivity (Wildman–Crippen MR) is 66.8 cm³/mol. The molecule has 0 unspecified atom stereocenters. The number of rotatable bonds is 4. The fourth-order valence-corrected chi connectivity index (χ4v) is 2.68. The summed E-state index contributed by atoms with van der Waals surface area (Å²) in [7, 11) is 0. The molecule has 0 atom stereocenters. The van der Waals surface area contributed by atoms with Crippen LogP contribution in [0.3, 0.4) is 0 Å². The Morgan fingerprint density at radius 1 is 1.18 bits per heavy atom. The molecule has 4 nitrogen and oxygen atoms in total. The van der Waals surface area contributed by atoms with Gasteiger partial charge in [-0.05, 0) is 38.3 Å². The van der Waals surface area contributed by atoms with Crippen LogP contribution in [-0.4, -0.2) is 50.2 Å². The monoisotopic (exact) mass is 240 g/mol. The van der Waals surface area contributed by atoms with E-state index in [0.29, 0.717) is 19.1 Å². The molecule has 1 saturated carbocycles. The van der Waals surface area contributed by atoms with Gasteiger partial charge in [0.25, 0.3) is 0 Å². The van der Waals surface area contributed by atoms with Gasteiger partial charge in [0.15, 0.2) is 0 Å². The van der Waals surface area contributed by atoms with Gasteiger partial charge in [0.2, 0.25) is 0 Å². The third-order valence-electron chi connectivity index (χ3n) is 3.74. The highest BCUT2D eigenvalue weighted by molar-refractivity contribution is 5.71. The van der Waals surface area contributed by atoms with E-state index in [-0.39, 0.29) is 5.97 Å². The van der Waals surface area contributed by atoms with E-state index in [0.717, 1.165) is 32.6 Å². The van der Waals surface area contributed by atoms with Gasteiger partial charge < -0.3 is 10.1 Å². The van der Waals surface area contributed by atoms with Gasteiger partial charge in [-0.1, -0.05) is 12.8 Å². The SMILES string of the molecule is O=C(CN1CCCNCC1)OCC1CCCC1. The van der Waals surface area contributed by atoms with Crippen molar-refractivity contribution in [3.05, 3.63) is 0 Å². The van der Waals surface area contributed by atoms with Crippen LogP contribution in [0.1, 0.15) is 32.1 Å². The van der Waals surface area contributed by atoms with Crippen molar-refractivity contribution in [2.24, 2.45) is 5.92 Å². The third kappa shape index (κ3) is 4.64. The van der Waals surface area contributed by atoms with Crippen molar-refractivity contribution in [2.75, 3.05) is 39.3 Å². The third-order valence-corrected chi connectivity index (χ3v) is 3.74. The fourth-order valence-electron chi connectivity index (χ4n) is 2.68. The molecule has 1 aliphatic carbocycles. The molecule has 0 aromatic rings. The van der Waals surface area contributed by atoms with Crippen LogP contribution in [0.25, 0.3) is 0 Å². The summed E-state index contributed by atoms with van der Waals surface area (Å²) < 4.78 is 5.37. The van der Waals surface area contributed by atoms with Gasteiger partial charge in [-0.2, -0.15) is 0 Å². The molecule has 98 valence electrons. The molecule has 4 heteroatoms. The Kier molecular flexibility index (Phi) is 5.26. The summed E-state index contributed by atoms with van der Waals surface area (Å²) >= 11 is 0. The highest BCUT2D eigenvalue weighted by Crippen LogP contribution is 2.24. The predicted octanol–water partition coefficient (Wildman–Crippen LogP) is 1.02. The molecule has 2 fully saturated rings. The lowest BCUT2D eigenvalue weighted by Gasteiger charge is -2.18. The second-order valence-electron chi connectivity index (χ2n) is 5.21. The summed E-state index contributed by atoms with van der Waals surface area (Å²) in [6, 6.07) is 0. The molecule has 0 radical (unpaired) electrons. The Labute approximate surface area is 104 Å². The van der Waals surface area contributed by atoms with Crippen LogP contribution in [0.2, 0.25) is 0 Å². The largest absolute Gasteiger partial charge is 0.464 e. The molecule has 2 rings (SSSR count). The summed E-state index contributed by atoms with van der Waals surface area (Å²) in [4.78, 5) is 13.9. The smallest absolute Gasteiger partial charge is 0.320 e. The van der Waals surface area contributed by atoms with Crippen LogP contribution in [0.15, 0.2) is 0 Å². The molecule has 0 aromatic carbocycles. The number of ether oxygens (including phenoxy) is 1. The van der Waals surface area contributed by atoms with Crippen molar-refractivity contribution in [1.29, 1.82) is 0 Å². The molecule has 0 aromatic heterocycles. The maximum absolute atomic E-state index is 11.7. The van der Waals surface area contributed by atoms with E-state index >= 15 is 0 Å². The fraction of sp³-hybridized carbons (Fsp3) is 0.923. The summed E-state index contributed by atoms with van der Waals surface area (Å²) in [6.45, 7) is 5.12. The van der Waals surface area contributed by atoms with E-state index in [4.69, 9.17) is 4.74 Å². The van der Waals surface area contributed by atoms with Crippen LogP contribution in [-0.2, 0) is 9.53 Å². The molecule has 1 heterocycles. The number of nitrogens with zero attached hydrogens (tertiary/aromatic N) is 1. The minimum atomic E-state index is -0.0428. The lowest BCUT2D eigenvalue weighted by Crippen LogP contribution is -2.34. The molecule has 1 N–H and O–H groups in total. The summed E-state index contributed by atoms with van der Waals surface area (Å²) in [5.41, 5.74) is 0. The topological polar surface area (TPSA) is 41.6 Å². The molecule has 2 aliphatic rings. The number of hydrogen-bond donors (Lipinski definition) is 1. The average Bonchev–Trinajstić information content (AvgIpc) is 2.72. The van der Waals surface area contributed by atoms with Gasteiger partial charge in [0.1, 0.15) is 0 Å². The van der Waals surface area contributed by atoms with Crippen LogP contribution < -0.4 is 5.32 Å². The molecule has 0 bridgehead atoms.